The fourth-order valence-corrected chi connectivity index (χ4v) is 5.53. The summed E-state index contributed by atoms with van der Waals surface area (Å²) in [6.07, 6.45) is -3.00. The Balaban J connectivity index is 1.32. The smallest absolute Gasteiger partial charge is 0.389 e. The van der Waals surface area contributed by atoms with Crippen LogP contribution >= 0.6 is 11.6 Å². The summed E-state index contributed by atoms with van der Waals surface area (Å²) in [6, 6.07) is 5.61. The molecule has 2 aromatic heterocycles. The molecule has 0 aliphatic carbocycles. The topological polar surface area (TPSA) is 87.4 Å². The van der Waals surface area contributed by atoms with Crippen LogP contribution in [0.2, 0.25) is 5.02 Å². The highest BCUT2D eigenvalue weighted by molar-refractivity contribution is 6.34. The third-order valence-corrected chi connectivity index (χ3v) is 7.44. The molecule has 36 heavy (non-hydrogen) atoms. The summed E-state index contributed by atoms with van der Waals surface area (Å²) in [5.41, 5.74) is 2.34. The van der Waals surface area contributed by atoms with Crippen molar-refractivity contribution in [1.82, 2.24) is 24.6 Å². The molecular weight excluding hydrogens is 497 g/mol. The van der Waals surface area contributed by atoms with E-state index in [0.29, 0.717) is 24.5 Å². The molecule has 0 radical (unpaired) electrons. The molecule has 1 aromatic carbocycles. The van der Waals surface area contributed by atoms with Crippen LogP contribution in [0.25, 0.3) is 10.9 Å². The second kappa shape index (κ2) is 9.19. The Labute approximate surface area is 210 Å². The number of halogens is 4. The fourth-order valence-electron chi connectivity index (χ4n) is 5.26. The zero-order valence-corrected chi connectivity index (χ0v) is 20.6. The molecule has 3 atom stereocenters. The number of alkyl halides is 3. The number of benzene rings is 1. The first-order chi connectivity index (χ1) is 17.0. The Morgan fingerprint density at radius 1 is 1.22 bits per heavy atom. The highest BCUT2D eigenvalue weighted by Crippen LogP contribution is 2.38. The van der Waals surface area contributed by atoms with E-state index < -0.39 is 18.1 Å². The van der Waals surface area contributed by atoms with Crippen molar-refractivity contribution in [3.05, 3.63) is 46.6 Å². The zero-order valence-electron chi connectivity index (χ0n) is 19.8. The Morgan fingerprint density at radius 3 is 2.69 bits per heavy atom. The minimum Gasteiger partial charge on any atom is -0.389 e. The van der Waals surface area contributed by atoms with Crippen LogP contribution in [0.4, 0.5) is 18.9 Å². The van der Waals surface area contributed by atoms with E-state index in [0.717, 1.165) is 26.7 Å². The van der Waals surface area contributed by atoms with Gasteiger partial charge < -0.3 is 19.5 Å². The van der Waals surface area contributed by atoms with Gasteiger partial charge in [-0.05, 0) is 30.9 Å². The Morgan fingerprint density at radius 2 is 2.00 bits per heavy atom. The van der Waals surface area contributed by atoms with Gasteiger partial charge in [-0.3, -0.25) is 9.78 Å². The van der Waals surface area contributed by atoms with Crippen LogP contribution < -0.4 is 4.90 Å². The number of piperidine rings is 1. The molecule has 12 heteroatoms. The highest BCUT2D eigenvalue weighted by Gasteiger charge is 2.41. The molecule has 0 spiro atoms. The molecule has 3 aromatic rings. The van der Waals surface area contributed by atoms with E-state index in [1.165, 1.54) is 0 Å². The average molecular weight is 523 g/mol. The molecule has 1 N–H and O–H groups in total. The maximum atomic E-state index is 13.4. The number of nitrogens with zero attached hydrogens (tertiary/aromatic N) is 6. The van der Waals surface area contributed by atoms with Crippen LogP contribution in [-0.2, 0) is 24.1 Å². The lowest BCUT2D eigenvalue weighted by atomic mass is 9.85. The van der Waals surface area contributed by atoms with E-state index >= 15 is 0 Å². The first-order valence-electron chi connectivity index (χ1n) is 11.8. The minimum atomic E-state index is -4.57. The van der Waals surface area contributed by atoms with Crippen molar-refractivity contribution in [2.45, 2.75) is 45.6 Å². The van der Waals surface area contributed by atoms with Crippen molar-refractivity contribution in [2.75, 3.05) is 24.5 Å². The zero-order chi connectivity index (χ0) is 25.8. The highest BCUT2D eigenvalue weighted by atomic mass is 35.5. The van der Waals surface area contributed by atoms with Gasteiger partial charge in [-0.25, -0.2) is 0 Å². The van der Waals surface area contributed by atoms with Gasteiger partial charge in [-0.15, -0.1) is 10.2 Å². The number of hydrogen-bond donors (Lipinski definition) is 1. The number of rotatable bonds is 3. The van der Waals surface area contributed by atoms with Crippen LogP contribution in [0.3, 0.4) is 0 Å². The lowest BCUT2D eigenvalue weighted by molar-refractivity contribution is -0.148. The number of fused-ring (bicyclic) bond motifs is 2. The van der Waals surface area contributed by atoms with Gasteiger partial charge in [0.2, 0.25) is 11.7 Å². The summed E-state index contributed by atoms with van der Waals surface area (Å²) in [6.45, 7) is 5.11. The molecule has 4 heterocycles. The van der Waals surface area contributed by atoms with Crippen molar-refractivity contribution >= 4 is 34.1 Å². The molecule has 1 amide bonds. The number of carbonyl (C=O) groups excluding carboxylic acids is 1. The minimum absolute atomic E-state index is 0.00667. The standard InChI is InChI=1S/C24H26ClF3N6O2/c1-13-11-32(21-17-4-3-15(14(2)35)9-19(17)29-10-18(21)25)6-5-16(13)22(36)33-7-8-34-20(12-33)30-31-23(34)24(26,27)28/h3-4,9-10,13-14,16,35H,5-8,11-12H2,1-2H3. The van der Waals surface area contributed by atoms with E-state index in [4.69, 9.17) is 11.6 Å². The SMILES string of the molecule is CC(O)c1ccc2c(N3CCC(C(=O)N4CCn5c(nnc5C(F)(F)F)C4)C(C)C3)c(Cl)cnc2c1. The average Bonchev–Trinajstić information content (AvgIpc) is 3.27. The third-order valence-electron chi connectivity index (χ3n) is 7.16. The predicted molar refractivity (Wildman–Crippen MR) is 127 cm³/mol. The van der Waals surface area contributed by atoms with Gasteiger partial charge in [0.25, 0.3) is 0 Å². The molecule has 8 nitrogen and oxygen atoms in total. The normalized spacial score (nSPS) is 21.5. The van der Waals surface area contributed by atoms with Crippen molar-refractivity contribution in [3.63, 3.8) is 0 Å². The van der Waals surface area contributed by atoms with E-state index in [9.17, 15) is 23.1 Å². The Kier molecular flexibility index (Phi) is 6.32. The number of aliphatic hydroxyl groups is 1. The molecule has 0 saturated carbocycles. The molecular formula is C24H26ClF3N6O2. The van der Waals surface area contributed by atoms with Crippen LogP contribution in [0.1, 0.15) is 43.6 Å². The van der Waals surface area contributed by atoms with E-state index in [-0.39, 0.29) is 43.2 Å². The first kappa shape index (κ1) is 24.8. The monoisotopic (exact) mass is 522 g/mol. The second-order valence-electron chi connectivity index (χ2n) is 9.57. The number of aromatic nitrogens is 4. The number of aliphatic hydroxyl groups excluding tert-OH is 1. The van der Waals surface area contributed by atoms with Crippen molar-refractivity contribution in [2.24, 2.45) is 11.8 Å². The summed E-state index contributed by atoms with van der Waals surface area (Å²) in [7, 11) is 0. The summed E-state index contributed by atoms with van der Waals surface area (Å²) in [5.74, 6) is -1.21. The van der Waals surface area contributed by atoms with Gasteiger partial charge in [-0.2, -0.15) is 13.2 Å². The lowest BCUT2D eigenvalue weighted by Gasteiger charge is -2.40. The van der Waals surface area contributed by atoms with Crippen molar-refractivity contribution in [3.8, 4) is 0 Å². The molecule has 3 unspecified atom stereocenters. The number of carbonyl (C=O) groups is 1. The molecule has 2 aliphatic heterocycles. The van der Waals surface area contributed by atoms with Crippen molar-refractivity contribution in [1.29, 1.82) is 0 Å². The predicted octanol–water partition coefficient (Wildman–Crippen LogP) is 4.06. The van der Waals surface area contributed by atoms with Gasteiger partial charge in [-0.1, -0.05) is 30.7 Å². The lowest BCUT2D eigenvalue weighted by Crippen LogP contribution is -2.49. The van der Waals surface area contributed by atoms with Crippen molar-refractivity contribution < 1.29 is 23.1 Å². The number of hydrogen-bond acceptors (Lipinski definition) is 6. The van der Waals surface area contributed by atoms with Crippen LogP contribution in [0.15, 0.2) is 24.4 Å². The largest absolute Gasteiger partial charge is 0.451 e. The summed E-state index contributed by atoms with van der Waals surface area (Å²) >= 11 is 6.57. The van der Waals surface area contributed by atoms with E-state index in [1.54, 1.807) is 18.0 Å². The molecule has 0 bridgehead atoms. The molecule has 2 aliphatic rings. The molecule has 1 saturated heterocycles. The maximum absolute atomic E-state index is 13.4. The number of anilines is 1. The third kappa shape index (κ3) is 4.39. The van der Waals surface area contributed by atoms with Crippen LogP contribution in [0, 0.1) is 11.8 Å². The molecule has 1 fully saturated rings. The summed E-state index contributed by atoms with van der Waals surface area (Å²) in [5, 5.41) is 18.3. The number of amides is 1. The molecule has 5 rings (SSSR count). The van der Waals surface area contributed by atoms with Gasteiger partial charge in [0.05, 0.1) is 28.9 Å². The second-order valence-corrected chi connectivity index (χ2v) is 9.98. The summed E-state index contributed by atoms with van der Waals surface area (Å²) < 4.78 is 40.4. The summed E-state index contributed by atoms with van der Waals surface area (Å²) in [4.78, 5) is 21.5. The quantitative estimate of drug-likeness (QED) is 0.558. The number of pyridine rings is 1. The van der Waals surface area contributed by atoms with Crippen LogP contribution in [-0.4, -0.2) is 55.3 Å². The molecule has 192 valence electrons. The van der Waals surface area contributed by atoms with Gasteiger partial charge in [0, 0.05) is 43.7 Å². The van der Waals surface area contributed by atoms with Gasteiger partial charge in [0.15, 0.2) is 5.82 Å². The van der Waals surface area contributed by atoms with Crippen LogP contribution in [0.5, 0.6) is 0 Å². The Hall–Kier alpha value is -2.92. The van der Waals surface area contributed by atoms with Gasteiger partial charge >= 0.3 is 6.18 Å². The van der Waals surface area contributed by atoms with E-state index in [2.05, 4.69) is 20.1 Å². The van der Waals surface area contributed by atoms with Gasteiger partial charge in [0.1, 0.15) is 0 Å². The fraction of sp³-hybridized carbons (Fsp3) is 0.500. The maximum Gasteiger partial charge on any atom is 0.451 e. The Bertz CT molecular complexity index is 1310. The van der Waals surface area contributed by atoms with E-state index in [1.807, 2.05) is 25.1 Å². The first-order valence-corrected chi connectivity index (χ1v) is 12.2.